The Kier molecular flexibility index (Phi) is 7.35. The highest BCUT2D eigenvalue weighted by atomic mass is 35.5. The summed E-state index contributed by atoms with van der Waals surface area (Å²) in [7, 11) is 0. The molecule has 0 aliphatic rings. The van der Waals surface area contributed by atoms with Crippen molar-refractivity contribution in [3.8, 4) is 5.75 Å². The second kappa shape index (κ2) is 10.6. The molecule has 0 bridgehead atoms. The molecule has 0 spiro atoms. The summed E-state index contributed by atoms with van der Waals surface area (Å²) in [6, 6.07) is 15.5. The van der Waals surface area contributed by atoms with Crippen LogP contribution in [0.4, 0.5) is 0 Å². The molecule has 6 nitrogen and oxygen atoms in total. The predicted molar refractivity (Wildman–Crippen MR) is 130 cm³/mol. The summed E-state index contributed by atoms with van der Waals surface area (Å²) >= 11 is 6.25. The van der Waals surface area contributed by atoms with Crippen molar-refractivity contribution in [2.75, 3.05) is 13.2 Å². The molecule has 2 aromatic heterocycles. The summed E-state index contributed by atoms with van der Waals surface area (Å²) in [5, 5.41) is 3.68. The number of ether oxygens (including phenoxy) is 1. The number of carbonyl (C=O) groups excluding carboxylic acids is 1. The van der Waals surface area contributed by atoms with Crippen molar-refractivity contribution in [3.63, 3.8) is 0 Å². The summed E-state index contributed by atoms with van der Waals surface area (Å²) < 4.78 is 13.4. The van der Waals surface area contributed by atoms with Crippen LogP contribution in [0, 0.1) is 13.8 Å². The fourth-order valence-corrected chi connectivity index (χ4v) is 4.02. The number of aryl methyl sites for hydroxylation is 4. The molecule has 0 saturated heterocycles. The molecular formula is C26H28ClN3O3. The van der Waals surface area contributed by atoms with Gasteiger partial charge in [-0.15, -0.1) is 0 Å². The number of rotatable bonds is 10. The summed E-state index contributed by atoms with van der Waals surface area (Å²) in [5.41, 5.74) is 4.14. The lowest BCUT2D eigenvalue weighted by Crippen LogP contribution is -2.24. The van der Waals surface area contributed by atoms with E-state index in [1.807, 2.05) is 44.2 Å². The highest BCUT2D eigenvalue weighted by Gasteiger charge is 2.12. The van der Waals surface area contributed by atoms with Crippen LogP contribution in [-0.2, 0) is 13.0 Å². The molecule has 0 aliphatic heterocycles. The first kappa shape index (κ1) is 22.9. The number of furan rings is 1. The van der Waals surface area contributed by atoms with E-state index in [0.29, 0.717) is 18.9 Å². The number of imidazole rings is 1. The summed E-state index contributed by atoms with van der Waals surface area (Å²) in [6.07, 6.45) is 3.90. The molecule has 7 heteroatoms. The molecule has 0 radical (unpaired) electrons. The van der Waals surface area contributed by atoms with Gasteiger partial charge in [-0.2, -0.15) is 0 Å². The summed E-state index contributed by atoms with van der Waals surface area (Å²) in [6.45, 7) is 5.94. The van der Waals surface area contributed by atoms with Gasteiger partial charge in [0.15, 0.2) is 5.76 Å². The second-order valence-electron chi connectivity index (χ2n) is 8.08. The molecule has 0 fully saturated rings. The Morgan fingerprint density at radius 1 is 1.12 bits per heavy atom. The zero-order valence-electron chi connectivity index (χ0n) is 18.9. The van der Waals surface area contributed by atoms with E-state index in [4.69, 9.17) is 25.7 Å². The lowest BCUT2D eigenvalue weighted by Gasteiger charge is -2.12. The normalized spacial score (nSPS) is 11.1. The van der Waals surface area contributed by atoms with Gasteiger partial charge >= 0.3 is 0 Å². The number of amides is 1. The Morgan fingerprint density at radius 3 is 2.67 bits per heavy atom. The van der Waals surface area contributed by atoms with E-state index in [-0.39, 0.29) is 5.91 Å². The number of nitrogens with zero attached hydrogens (tertiary/aromatic N) is 2. The SMILES string of the molecule is Cc1cc(OCCCn2c(CCCNC(=O)c3ccco3)nc3ccccc32)cc(C)c1Cl. The van der Waals surface area contributed by atoms with Crippen molar-refractivity contribution in [3.05, 3.63) is 82.5 Å². The highest BCUT2D eigenvalue weighted by molar-refractivity contribution is 6.32. The smallest absolute Gasteiger partial charge is 0.286 e. The molecule has 1 amide bonds. The zero-order valence-corrected chi connectivity index (χ0v) is 19.7. The predicted octanol–water partition coefficient (Wildman–Crippen LogP) is 5.73. The molecule has 2 heterocycles. The lowest BCUT2D eigenvalue weighted by molar-refractivity contribution is 0.0925. The van der Waals surface area contributed by atoms with E-state index >= 15 is 0 Å². The van der Waals surface area contributed by atoms with E-state index in [2.05, 4.69) is 16.0 Å². The molecule has 4 rings (SSSR count). The first-order valence-corrected chi connectivity index (χ1v) is 11.6. The van der Waals surface area contributed by atoms with Gasteiger partial charge in [0.05, 0.1) is 23.9 Å². The third-order valence-electron chi connectivity index (χ3n) is 5.55. The number of carbonyl (C=O) groups is 1. The molecule has 0 atom stereocenters. The van der Waals surface area contributed by atoms with Crippen LogP contribution in [0.3, 0.4) is 0 Å². The molecule has 0 saturated carbocycles. The van der Waals surface area contributed by atoms with E-state index < -0.39 is 0 Å². The van der Waals surface area contributed by atoms with Crippen molar-refractivity contribution >= 4 is 28.5 Å². The van der Waals surface area contributed by atoms with Gasteiger partial charge in [0.1, 0.15) is 11.6 Å². The van der Waals surface area contributed by atoms with Crippen LogP contribution in [0.15, 0.2) is 59.2 Å². The van der Waals surface area contributed by atoms with Gasteiger partial charge < -0.3 is 19.0 Å². The van der Waals surface area contributed by atoms with Crippen LogP contribution in [-0.4, -0.2) is 28.6 Å². The van der Waals surface area contributed by atoms with Gasteiger partial charge in [0.25, 0.3) is 5.91 Å². The number of para-hydroxylation sites is 2. The average Bonchev–Trinajstić information content (AvgIpc) is 3.46. The number of fused-ring (bicyclic) bond motifs is 1. The van der Waals surface area contributed by atoms with Gasteiger partial charge in [-0.3, -0.25) is 4.79 Å². The highest BCUT2D eigenvalue weighted by Crippen LogP contribution is 2.26. The Bertz CT molecular complexity index is 1210. The van der Waals surface area contributed by atoms with Crippen LogP contribution < -0.4 is 10.1 Å². The van der Waals surface area contributed by atoms with Crippen LogP contribution in [0.2, 0.25) is 5.02 Å². The molecule has 4 aromatic rings. The molecular weight excluding hydrogens is 438 g/mol. The summed E-state index contributed by atoms with van der Waals surface area (Å²) in [5.74, 6) is 1.99. The van der Waals surface area contributed by atoms with Crippen molar-refractivity contribution in [1.82, 2.24) is 14.9 Å². The molecule has 2 aromatic carbocycles. The number of benzene rings is 2. The van der Waals surface area contributed by atoms with Crippen molar-refractivity contribution in [2.45, 2.75) is 39.7 Å². The van der Waals surface area contributed by atoms with Crippen LogP contribution in [0.5, 0.6) is 5.75 Å². The van der Waals surface area contributed by atoms with Crippen molar-refractivity contribution in [1.29, 1.82) is 0 Å². The minimum absolute atomic E-state index is 0.196. The fourth-order valence-electron chi connectivity index (χ4n) is 3.91. The first-order chi connectivity index (χ1) is 16.0. The average molecular weight is 466 g/mol. The second-order valence-corrected chi connectivity index (χ2v) is 8.46. The number of halogens is 1. The Morgan fingerprint density at radius 2 is 1.91 bits per heavy atom. The largest absolute Gasteiger partial charge is 0.494 e. The molecule has 172 valence electrons. The van der Waals surface area contributed by atoms with E-state index in [1.54, 1.807) is 12.1 Å². The topological polar surface area (TPSA) is 69.3 Å². The molecule has 1 N–H and O–H groups in total. The van der Waals surface area contributed by atoms with Gasteiger partial charge in [-0.1, -0.05) is 23.7 Å². The van der Waals surface area contributed by atoms with Gasteiger partial charge in [-0.05, 0) is 74.2 Å². The van der Waals surface area contributed by atoms with Gasteiger partial charge in [-0.25, -0.2) is 4.98 Å². The van der Waals surface area contributed by atoms with E-state index in [0.717, 1.165) is 64.6 Å². The Balaban J connectivity index is 1.34. The maximum absolute atomic E-state index is 12.0. The van der Waals surface area contributed by atoms with Crippen LogP contribution in [0.1, 0.15) is 40.3 Å². The van der Waals surface area contributed by atoms with Crippen LogP contribution in [0.25, 0.3) is 11.0 Å². The third kappa shape index (κ3) is 5.57. The van der Waals surface area contributed by atoms with Crippen molar-refractivity contribution in [2.24, 2.45) is 0 Å². The number of aromatic nitrogens is 2. The number of hydrogen-bond donors (Lipinski definition) is 1. The lowest BCUT2D eigenvalue weighted by atomic mass is 10.1. The minimum Gasteiger partial charge on any atom is -0.494 e. The summed E-state index contributed by atoms with van der Waals surface area (Å²) in [4.78, 5) is 16.9. The van der Waals surface area contributed by atoms with Crippen LogP contribution >= 0.6 is 11.6 Å². The minimum atomic E-state index is -0.196. The monoisotopic (exact) mass is 465 g/mol. The zero-order chi connectivity index (χ0) is 23.2. The fraction of sp³-hybridized carbons (Fsp3) is 0.308. The first-order valence-electron chi connectivity index (χ1n) is 11.2. The molecule has 33 heavy (non-hydrogen) atoms. The Hall–Kier alpha value is -3.25. The third-order valence-corrected chi connectivity index (χ3v) is 6.14. The molecule has 0 unspecified atom stereocenters. The number of nitrogens with one attached hydrogen (secondary N) is 1. The maximum Gasteiger partial charge on any atom is 0.286 e. The van der Waals surface area contributed by atoms with Crippen molar-refractivity contribution < 1.29 is 13.9 Å². The number of hydrogen-bond acceptors (Lipinski definition) is 4. The standard InChI is InChI=1S/C26H28ClN3O3/c1-18-16-20(17-19(2)25(18)27)32-15-7-13-30-22-9-4-3-8-21(22)29-24(30)11-5-12-28-26(31)23-10-6-14-33-23/h3-4,6,8-10,14,16-17H,5,7,11-13,15H2,1-2H3,(H,28,31). The van der Waals surface area contributed by atoms with Gasteiger partial charge in [0.2, 0.25) is 0 Å². The Labute approximate surface area is 198 Å². The van der Waals surface area contributed by atoms with E-state index in [1.165, 1.54) is 6.26 Å². The quantitative estimate of drug-likeness (QED) is 0.303. The van der Waals surface area contributed by atoms with E-state index in [9.17, 15) is 4.79 Å². The van der Waals surface area contributed by atoms with Gasteiger partial charge in [0, 0.05) is 24.5 Å². The molecule has 0 aliphatic carbocycles. The maximum atomic E-state index is 12.0.